The van der Waals surface area contributed by atoms with Crippen LogP contribution in [0.5, 0.6) is 0 Å². The van der Waals surface area contributed by atoms with E-state index in [0.717, 1.165) is 11.3 Å². The van der Waals surface area contributed by atoms with Gasteiger partial charge in [-0.2, -0.15) is 0 Å². The lowest BCUT2D eigenvalue weighted by Gasteiger charge is -2.39. The van der Waals surface area contributed by atoms with Crippen LogP contribution in [-0.4, -0.2) is 7.28 Å². The second-order valence-electron chi connectivity index (χ2n) is 7.23. The average Bonchev–Trinajstić information content (AvgIpc) is 2.35. The molecular weight excluding hydrogens is 262 g/mol. The number of rotatable bonds is 3. The van der Waals surface area contributed by atoms with E-state index in [1.165, 1.54) is 16.2 Å². The highest BCUT2D eigenvalue weighted by molar-refractivity contribution is 6.58. The summed E-state index contributed by atoms with van der Waals surface area (Å²) in [4.78, 5) is 0. The molecule has 2 rings (SSSR count). The molecule has 0 spiro atoms. The van der Waals surface area contributed by atoms with Crippen molar-refractivity contribution in [1.29, 1.82) is 0 Å². The van der Waals surface area contributed by atoms with E-state index in [9.17, 15) is 0 Å². The smallest absolute Gasteiger partial charge is 0.0837 e. The summed E-state index contributed by atoms with van der Waals surface area (Å²) in [5.41, 5.74) is 1.76. The summed E-state index contributed by atoms with van der Waals surface area (Å²) in [5, 5.41) is 3.21. The van der Waals surface area contributed by atoms with E-state index in [2.05, 4.69) is 66.2 Å². The van der Waals surface area contributed by atoms with Crippen molar-refractivity contribution < 1.29 is 0 Å². The fourth-order valence-corrected chi connectivity index (χ4v) is 2.46. The lowest BCUT2D eigenvalue weighted by molar-refractivity contribution is 0.157. The van der Waals surface area contributed by atoms with Gasteiger partial charge in [-0.3, -0.25) is 0 Å². The lowest BCUT2D eigenvalue weighted by atomic mass is 9.53. The highest BCUT2D eigenvalue weighted by Gasteiger charge is 2.32. The van der Waals surface area contributed by atoms with Gasteiger partial charge < -0.3 is 0 Å². The van der Waals surface area contributed by atoms with E-state index in [4.69, 9.17) is 11.6 Å². The fourth-order valence-electron chi connectivity index (χ4n) is 2.16. The first kappa shape index (κ1) is 15.4. The van der Waals surface area contributed by atoms with Crippen molar-refractivity contribution in [3.05, 3.63) is 41.4 Å². The normalized spacial score (nSPS) is 12.7. The first-order valence-electron chi connectivity index (χ1n) is 7.23. The SMILES string of the molecule is CC(C)(C)C(C)(C)C[B]c1cccc2cccc(Cl)c12. The number of benzene rings is 2. The van der Waals surface area contributed by atoms with Crippen LogP contribution in [0.3, 0.4) is 0 Å². The van der Waals surface area contributed by atoms with E-state index in [0.29, 0.717) is 0 Å². The average molecular weight is 286 g/mol. The van der Waals surface area contributed by atoms with Gasteiger partial charge in [0.1, 0.15) is 0 Å². The zero-order valence-electron chi connectivity index (χ0n) is 13.1. The van der Waals surface area contributed by atoms with Gasteiger partial charge in [0.2, 0.25) is 0 Å². The van der Waals surface area contributed by atoms with Gasteiger partial charge in [0.05, 0.1) is 0 Å². The summed E-state index contributed by atoms with van der Waals surface area (Å²) < 4.78 is 0. The largest absolute Gasteiger partial charge is 0.153 e. The van der Waals surface area contributed by atoms with Crippen LogP contribution in [0.4, 0.5) is 0 Å². The van der Waals surface area contributed by atoms with Crippen LogP contribution in [0.1, 0.15) is 34.6 Å². The third-order valence-corrected chi connectivity index (χ3v) is 5.06. The summed E-state index contributed by atoms with van der Waals surface area (Å²) >= 11 is 6.38. The molecule has 0 atom stereocenters. The van der Waals surface area contributed by atoms with E-state index >= 15 is 0 Å². The van der Waals surface area contributed by atoms with Crippen LogP contribution >= 0.6 is 11.6 Å². The Morgan fingerprint density at radius 1 is 0.950 bits per heavy atom. The maximum atomic E-state index is 6.38. The van der Waals surface area contributed by atoms with Gasteiger partial charge in [-0.15, -0.1) is 0 Å². The third kappa shape index (κ3) is 3.04. The van der Waals surface area contributed by atoms with Gasteiger partial charge in [0, 0.05) is 5.02 Å². The minimum Gasteiger partial charge on any atom is -0.0837 e. The molecule has 0 fully saturated rings. The molecule has 0 amide bonds. The molecule has 0 unspecified atom stereocenters. The van der Waals surface area contributed by atoms with E-state index in [-0.39, 0.29) is 10.8 Å². The second kappa shape index (κ2) is 5.45. The Hall–Kier alpha value is -0.945. The number of fused-ring (bicyclic) bond motifs is 1. The van der Waals surface area contributed by atoms with Crippen LogP contribution < -0.4 is 5.46 Å². The summed E-state index contributed by atoms with van der Waals surface area (Å²) in [6.07, 6.45) is 1.04. The van der Waals surface area contributed by atoms with E-state index < -0.39 is 0 Å². The van der Waals surface area contributed by atoms with Gasteiger partial charge >= 0.3 is 0 Å². The zero-order valence-corrected chi connectivity index (χ0v) is 13.9. The molecule has 2 aromatic carbocycles. The van der Waals surface area contributed by atoms with Gasteiger partial charge in [0.25, 0.3) is 0 Å². The van der Waals surface area contributed by atoms with Gasteiger partial charge in [-0.25, -0.2) is 0 Å². The Labute approximate surface area is 128 Å². The van der Waals surface area contributed by atoms with Crippen molar-refractivity contribution in [2.24, 2.45) is 10.8 Å². The Morgan fingerprint density at radius 2 is 1.55 bits per heavy atom. The quantitative estimate of drug-likeness (QED) is 0.670. The molecule has 0 aromatic heterocycles. The molecule has 2 heteroatoms. The predicted octanol–water partition coefficient (Wildman–Crippen LogP) is 5.31. The molecule has 0 bridgehead atoms. The monoisotopic (exact) mass is 285 g/mol. The van der Waals surface area contributed by atoms with Crippen LogP contribution in [0.15, 0.2) is 36.4 Å². The van der Waals surface area contributed by atoms with Crippen molar-refractivity contribution >= 4 is 35.1 Å². The zero-order chi connectivity index (χ0) is 15.0. The highest BCUT2D eigenvalue weighted by Crippen LogP contribution is 2.41. The molecule has 0 N–H and O–H groups in total. The summed E-state index contributed by atoms with van der Waals surface area (Å²) in [7, 11) is 2.33. The predicted molar refractivity (Wildman–Crippen MR) is 92.4 cm³/mol. The van der Waals surface area contributed by atoms with Gasteiger partial charge in [-0.1, -0.05) is 88.3 Å². The molecule has 0 heterocycles. The Balaban J connectivity index is 2.32. The molecular formula is C18H23BCl. The molecule has 0 nitrogen and oxygen atoms in total. The van der Waals surface area contributed by atoms with Crippen LogP contribution in [0, 0.1) is 10.8 Å². The highest BCUT2D eigenvalue weighted by atomic mass is 35.5. The Bertz CT molecular complexity index is 603. The maximum Gasteiger partial charge on any atom is 0.153 e. The molecule has 0 aliphatic heterocycles. The number of halogens is 1. The molecule has 2 aromatic rings. The Kier molecular flexibility index (Phi) is 4.20. The molecule has 105 valence electrons. The molecule has 1 radical (unpaired) electrons. The van der Waals surface area contributed by atoms with Crippen molar-refractivity contribution in [2.45, 2.75) is 40.9 Å². The van der Waals surface area contributed by atoms with Crippen molar-refractivity contribution in [3.63, 3.8) is 0 Å². The molecule has 0 aliphatic carbocycles. The van der Waals surface area contributed by atoms with Crippen LogP contribution in [0.2, 0.25) is 11.3 Å². The van der Waals surface area contributed by atoms with Crippen molar-refractivity contribution in [3.8, 4) is 0 Å². The second-order valence-corrected chi connectivity index (χ2v) is 7.63. The standard InChI is InChI=1S/C18H23BCl/c1-17(2,3)18(4,5)12-19-14-10-6-8-13-9-7-11-15(20)16(13)14/h6-11H,12H2,1-5H3. The fraction of sp³-hybridized carbons (Fsp3) is 0.444. The number of hydrogen-bond donors (Lipinski definition) is 0. The first-order chi connectivity index (χ1) is 9.22. The molecule has 20 heavy (non-hydrogen) atoms. The van der Waals surface area contributed by atoms with Crippen LogP contribution in [0.25, 0.3) is 10.8 Å². The minimum atomic E-state index is 0.246. The third-order valence-electron chi connectivity index (χ3n) is 4.75. The van der Waals surface area contributed by atoms with Gasteiger partial charge in [-0.05, 0) is 27.7 Å². The summed E-state index contributed by atoms with van der Waals surface area (Å²) in [6, 6.07) is 12.5. The van der Waals surface area contributed by atoms with Crippen molar-refractivity contribution in [1.82, 2.24) is 0 Å². The summed E-state index contributed by atoms with van der Waals surface area (Å²) in [6.45, 7) is 11.6. The van der Waals surface area contributed by atoms with E-state index in [1.807, 2.05) is 12.1 Å². The van der Waals surface area contributed by atoms with Gasteiger partial charge in [0.15, 0.2) is 7.28 Å². The number of hydrogen-bond acceptors (Lipinski definition) is 0. The lowest BCUT2D eigenvalue weighted by Crippen LogP contribution is -2.33. The summed E-state index contributed by atoms with van der Waals surface area (Å²) in [5.74, 6) is 0. The molecule has 0 saturated carbocycles. The topological polar surface area (TPSA) is 0 Å². The molecule has 0 saturated heterocycles. The first-order valence-corrected chi connectivity index (χ1v) is 7.61. The molecule has 0 aliphatic rings. The Morgan fingerprint density at radius 3 is 2.15 bits per heavy atom. The van der Waals surface area contributed by atoms with E-state index in [1.54, 1.807) is 0 Å². The minimum absolute atomic E-state index is 0.246. The van der Waals surface area contributed by atoms with Crippen molar-refractivity contribution in [2.75, 3.05) is 0 Å². The maximum absolute atomic E-state index is 6.38. The van der Waals surface area contributed by atoms with Crippen LogP contribution in [-0.2, 0) is 0 Å².